The normalized spacial score (nSPS) is 15.6. The maximum absolute atomic E-state index is 12.7. The van der Waals surface area contributed by atoms with E-state index in [1.165, 1.54) is 0 Å². The molecule has 1 saturated heterocycles. The van der Waals surface area contributed by atoms with Gasteiger partial charge in [0.1, 0.15) is 11.3 Å². The van der Waals surface area contributed by atoms with Crippen LogP contribution in [0.2, 0.25) is 0 Å². The van der Waals surface area contributed by atoms with E-state index in [0.29, 0.717) is 18.8 Å². The molecule has 0 radical (unpaired) electrons. The average molecular weight is 375 g/mol. The number of rotatable bonds is 4. The van der Waals surface area contributed by atoms with Crippen LogP contribution in [0.3, 0.4) is 0 Å². The first kappa shape index (κ1) is 18.4. The average Bonchev–Trinajstić information content (AvgIpc) is 3.20. The molecule has 1 aromatic heterocycles. The van der Waals surface area contributed by atoms with E-state index in [-0.39, 0.29) is 11.8 Å². The molecule has 28 heavy (non-hydrogen) atoms. The molecule has 0 saturated carbocycles. The van der Waals surface area contributed by atoms with Crippen molar-refractivity contribution in [1.82, 2.24) is 14.7 Å². The first-order chi connectivity index (χ1) is 13.6. The van der Waals surface area contributed by atoms with Gasteiger partial charge in [-0.1, -0.05) is 60.7 Å². The molecule has 0 aliphatic carbocycles. The minimum atomic E-state index is -1.07. The van der Waals surface area contributed by atoms with Crippen LogP contribution in [-0.4, -0.2) is 38.8 Å². The number of carbonyl (C=O) groups excluding carboxylic acids is 1. The van der Waals surface area contributed by atoms with Gasteiger partial charge in [0, 0.05) is 26.3 Å². The van der Waals surface area contributed by atoms with E-state index in [1.54, 1.807) is 16.9 Å². The summed E-state index contributed by atoms with van der Waals surface area (Å²) in [4.78, 5) is 14.5. The highest BCUT2D eigenvalue weighted by atomic mass is 16.3. The van der Waals surface area contributed by atoms with E-state index in [1.807, 2.05) is 72.6 Å². The number of aliphatic hydroxyl groups is 1. The Labute approximate surface area is 165 Å². The fourth-order valence-corrected chi connectivity index (χ4v) is 4.21. The first-order valence-electron chi connectivity index (χ1n) is 9.71. The lowest BCUT2D eigenvalue weighted by molar-refractivity contribution is -0.0123. The Morgan fingerprint density at radius 1 is 0.964 bits per heavy atom. The van der Waals surface area contributed by atoms with Crippen molar-refractivity contribution >= 4 is 5.91 Å². The number of hydrogen-bond acceptors (Lipinski definition) is 3. The number of hydrogen-bond donors (Lipinski definition) is 1. The Balaban J connectivity index is 1.57. The third-order valence-electron chi connectivity index (χ3n) is 5.73. The van der Waals surface area contributed by atoms with E-state index in [2.05, 4.69) is 5.10 Å². The third kappa shape index (κ3) is 3.34. The molecule has 5 nitrogen and oxygen atoms in total. The lowest BCUT2D eigenvalue weighted by Crippen LogP contribution is -2.46. The monoisotopic (exact) mass is 375 g/mol. The van der Waals surface area contributed by atoms with Crippen LogP contribution in [0, 0.1) is 5.92 Å². The summed E-state index contributed by atoms with van der Waals surface area (Å²) in [6.07, 6.45) is 3.25. The molecular formula is C23H25N3O2. The highest BCUT2D eigenvalue weighted by molar-refractivity contribution is 5.92. The van der Waals surface area contributed by atoms with Gasteiger partial charge in [-0.2, -0.15) is 5.10 Å². The summed E-state index contributed by atoms with van der Waals surface area (Å²) in [6, 6.07) is 21.5. The van der Waals surface area contributed by atoms with Crippen LogP contribution in [0.25, 0.3) is 0 Å². The quantitative estimate of drug-likeness (QED) is 0.762. The lowest BCUT2D eigenvalue weighted by Gasteiger charge is -2.42. The Morgan fingerprint density at radius 2 is 1.50 bits per heavy atom. The largest absolute Gasteiger partial charge is 0.380 e. The van der Waals surface area contributed by atoms with Gasteiger partial charge >= 0.3 is 0 Å². The van der Waals surface area contributed by atoms with Gasteiger partial charge in [0.2, 0.25) is 0 Å². The van der Waals surface area contributed by atoms with Gasteiger partial charge in [-0.15, -0.1) is 0 Å². The third-order valence-corrected chi connectivity index (χ3v) is 5.73. The predicted octanol–water partition coefficient (Wildman–Crippen LogP) is 3.21. The number of nitrogens with zero attached hydrogens (tertiary/aromatic N) is 3. The molecule has 1 amide bonds. The van der Waals surface area contributed by atoms with Crippen LogP contribution < -0.4 is 0 Å². The Hall–Kier alpha value is -2.92. The summed E-state index contributed by atoms with van der Waals surface area (Å²) >= 11 is 0. The van der Waals surface area contributed by atoms with E-state index in [4.69, 9.17) is 0 Å². The standard InChI is InChI=1S/C23H25N3O2/c1-25-15-14-21(24-25)22(27)26-16-12-20(13-17-26)23(28,18-8-4-2-5-9-18)19-10-6-3-7-11-19/h2-11,14-15,20,28H,12-13,16-17H2,1H3. The predicted molar refractivity (Wildman–Crippen MR) is 108 cm³/mol. The highest BCUT2D eigenvalue weighted by Crippen LogP contribution is 2.41. The van der Waals surface area contributed by atoms with Gasteiger partial charge in [0.25, 0.3) is 5.91 Å². The second-order valence-electron chi connectivity index (χ2n) is 7.44. The summed E-state index contributed by atoms with van der Waals surface area (Å²) in [6.45, 7) is 1.23. The van der Waals surface area contributed by atoms with Crippen LogP contribution in [0.1, 0.15) is 34.5 Å². The number of aromatic nitrogens is 2. The molecule has 1 fully saturated rings. The molecule has 0 spiro atoms. The highest BCUT2D eigenvalue weighted by Gasteiger charge is 2.42. The molecule has 0 atom stereocenters. The fourth-order valence-electron chi connectivity index (χ4n) is 4.21. The lowest BCUT2D eigenvalue weighted by atomic mass is 9.72. The molecule has 1 aliphatic rings. The Kier molecular flexibility index (Phi) is 5.01. The number of likely N-dealkylation sites (tertiary alicyclic amines) is 1. The summed E-state index contributed by atoms with van der Waals surface area (Å²) < 4.78 is 1.64. The van der Waals surface area contributed by atoms with E-state index < -0.39 is 5.60 Å². The molecule has 0 bridgehead atoms. The molecule has 144 valence electrons. The van der Waals surface area contributed by atoms with Crippen LogP contribution in [0.4, 0.5) is 0 Å². The zero-order valence-corrected chi connectivity index (χ0v) is 16.0. The molecule has 1 N–H and O–H groups in total. The molecule has 2 heterocycles. The van der Waals surface area contributed by atoms with Gasteiger partial charge in [-0.25, -0.2) is 0 Å². The van der Waals surface area contributed by atoms with Crippen molar-refractivity contribution in [1.29, 1.82) is 0 Å². The minimum Gasteiger partial charge on any atom is -0.380 e. The van der Waals surface area contributed by atoms with E-state index >= 15 is 0 Å². The van der Waals surface area contributed by atoms with Crippen LogP contribution in [0.5, 0.6) is 0 Å². The van der Waals surface area contributed by atoms with Gasteiger partial charge in [-0.05, 0) is 36.0 Å². The molecule has 0 unspecified atom stereocenters. The first-order valence-corrected chi connectivity index (χ1v) is 9.71. The summed E-state index contributed by atoms with van der Waals surface area (Å²) in [5, 5.41) is 16.1. The van der Waals surface area contributed by atoms with Crippen LogP contribution >= 0.6 is 0 Å². The van der Waals surface area contributed by atoms with Crippen molar-refractivity contribution in [3.63, 3.8) is 0 Å². The fraction of sp³-hybridized carbons (Fsp3) is 0.304. The second-order valence-corrected chi connectivity index (χ2v) is 7.44. The number of benzene rings is 2. The van der Waals surface area contributed by atoms with Gasteiger partial charge < -0.3 is 10.0 Å². The van der Waals surface area contributed by atoms with E-state index in [9.17, 15) is 9.90 Å². The molecular weight excluding hydrogens is 350 g/mol. The van der Waals surface area contributed by atoms with E-state index in [0.717, 1.165) is 24.0 Å². The number of piperidine rings is 1. The van der Waals surface area contributed by atoms with Crippen molar-refractivity contribution in [3.8, 4) is 0 Å². The van der Waals surface area contributed by atoms with Crippen LogP contribution in [-0.2, 0) is 12.6 Å². The van der Waals surface area contributed by atoms with Crippen molar-refractivity contribution in [2.45, 2.75) is 18.4 Å². The number of carbonyl (C=O) groups is 1. The van der Waals surface area contributed by atoms with Crippen molar-refractivity contribution in [3.05, 3.63) is 89.7 Å². The van der Waals surface area contributed by atoms with Gasteiger partial charge in [0.15, 0.2) is 0 Å². The molecule has 1 aliphatic heterocycles. The minimum absolute atomic E-state index is 0.0325. The number of amides is 1. The summed E-state index contributed by atoms with van der Waals surface area (Å²) in [5.41, 5.74) is 1.21. The SMILES string of the molecule is Cn1ccc(C(=O)N2CCC(C(O)(c3ccccc3)c3ccccc3)CC2)n1. The zero-order valence-electron chi connectivity index (χ0n) is 16.0. The number of aryl methyl sites for hydroxylation is 1. The van der Waals surface area contributed by atoms with Gasteiger partial charge in [0.05, 0.1) is 0 Å². The smallest absolute Gasteiger partial charge is 0.274 e. The van der Waals surface area contributed by atoms with Crippen molar-refractivity contribution in [2.75, 3.05) is 13.1 Å². The molecule has 5 heteroatoms. The Bertz CT molecular complexity index is 889. The second kappa shape index (κ2) is 7.60. The molecule has 4 rings (SSSR count). The topological polar surface area (TPSA) is 58.4 Å². The van der Waals surface area contributed by atoms with Crippen molar-refractivity contribution in [2.24, 2.45) is 13.0 Å². The van der Waals surface area contributed by atoms with Crippen LogP contribution in [0.15, 0.2) is 72.9 Å². The van der Waals surface area contributed by atoms with Gasteiger partial charge in [-0.3, -0.25) is 9.48 Å². The molecule has 3 aromatic rings. The Morgan fingerprint density at radius 3 is 1.96 bits per heavy atom. The molecule has 2 aromatic carbocycles. The summed E-state index contributed by atoms with van der Waals surface area (Å²) in [5.74, 6) is -0.00732. The maximum Gasteiger partial charge on any atom is 0.274 e. The van der Waals surface area contributed by atoms with Crippen molar-refractivity contribution < 1.29 is 9.90 Å². The maximum atomic E-state index is 12.7. The summed E-state index contributed by atoms with van der Waals surface area (Å²) in [7, 11) is 1.81. The zero-order chi connectivity index (χ0) is 19.6.